The maximum Gasteiger partial charge on any atom is 0.306 e. The first-order valence-corrected chi connectivity index (χ1v) is 16.5. The number of aliphatic carboxylic acids is 1. The highest BCUT2D eigenvalue weighted by atomic mass is 16.5. The number of amides is 1. The Bertz CT molecular complexity index is 1400. The number of carboxylic acid groups (broad SMARTS) is 1. The second kappa shape index (κ2) is 18.2. The summed E-state index contributed by atoms with van der Waals surface area (Å²) >= 11 is 0. The zero-order valence-electron chi connectivity index (χ0n) is 28.4. The Kier molecular flexibility index (Phi) is 13.8. The lowest BCUT2D eigenvalue weighted by molar-refractivity contribution is -0.152. The maximum atomic E-state index is 13.9. The lowest BCUT2D eigenvalue weighted by Gasteiger charge is -2.35. The summed E-state index contributed by atoms with van der Waals surface area (Å²) in [6, 6.07) is 24.8. The van der Waals surface area contributed by atoms with E-state index >= 15 is 0 Å². The molecule has 10 nitrogen and oxygen atoms in total. The summed E-state index contributed by atoms with van der Waals surface area (Å²) in [4.78, 5) is 41.6. The van der Waals surface area contributed by atoms with Crippen LogP contribution in [0.3, 0.4) is 0 Å². The summed E-state index contributed by atoms with van der Waals surface area (Å²) in [6.45, 7) is 1.17. The number of hydrogen-bond acceptors (Lipinski definition) is 8. The molecule has 0 aromatic heterocycles. The van der Waals surface area contributed by atoms with Crippen LogP contribution in [0.4, 0.5) is 0 Å². The summed E-state index contributed by atoms with van der Waals surface area (Å²) in [6.07, 6.45) is 1.14. The van der Waals surface area contributed by atoms with Crippen molar-refractivity contribution in [2.45, 2.75) is 69.3 Å². The number of ether oxygens (including phenoxy) is 4. The van der Waals surface area contributed by atoms with Crippen molar-refractivity contribution in [1.82, 2.24) is 9.80 Å². The molecule has 1 heterocycles. The van der Waals surface area contributed by atoms with Crippen LogP contribution < -0.4 is 9.47 Å². The zero-order chi connectivity index (χ0) is 34.5. The summed E-state index contributed by atoms with van der Waals surface area (Å²) in [5, 5.41) is 9.07. The van der Waals surface area contributed by atoms with Crippen LogP contribution >= 0.6 is 0 Å². The number of carboxylic acids is 1. The molecule has 3 unspecified atom stereocenters. The molecule has 1 amide bonds. The fourth-order valence-corrected chi connectivity index (χ4v) is 6.05. The predicted octanol–water partition coefficient (Wildman–Crippen LogP) is 6.05. The minimum absolute atomic E-state index is 0.0242. The summed E-state index contributed by atoms with van der Waals surface area (Å²) < 4.78 is 23.7. The van der Waals surface area contributed by atoms with Crippen molar-refractivity contribution in [3.05, 3.63) is 95.6 Å². The van der Waals surface area contributed by atoms with Crippen molar-refractivity contribution >= 4 is 17.8 Å². The van der Waals surface area contributed by atoms with Crippen molar-refractivity contribution in [3.63, 3.8) is 0 Å². The van der Waals surface area contributed by atoms with E-state index in [2.05, 4.69) is 4.90 Å². The lowest BCUT2D eigenvalue weighted by Crippen LogP contribution is -2.40. The largest absolute Gasteiger partial charge is 0.497 e. The molecular weight excluding hydrogens is 612 g/mol. The van der Waals surface area contributed by atoms with Crippen LogP contribution in [0.25, 0.3) is 0 Å². The average molecular weight is 661 g/mol. The lowest BCUT2D eigenvalue weighted by atomic mass is 9.96. The van der Waals surface area contributed by atoms with Crippen LogP contribution in [-0.2, 0) is 23.9 Å². The highest BCUT2D eigenvalue weighted by molar-refractivity contribution is 5.78. The van der Waals surface area contributed by atoms with Gasteiger partial charge in [0.05, 0.1) is 39.6 Å². The predicted molar refractivity (Wildman–Crippen MR) is 182 cm³/mol. The first kappa shape index (κ1) is 36.4. The smallest absolute Gasteiger partial charge is 0.306 e. The van der Waals surface area contributed by atoms with E-state index in [1.54, 1.807) is 19.1 Å². The SMILES string of the molecule is COc1ccc(C(OC(c2ccccc2)C2CC(OC(=O)CCC(=O)O)CN2C(=O)CCCCCN(C)C)c2ccc(OC)cc2)cc1. The molecule has 0 saturated carbocycles. The molecule has 1 N–H and O–H groups in total. The van der Waals surface area contributed by atoms with Gasteiger partial charge in [0.1, 0.15) is 29.8 Å². The van der Waals surface area contributed by atoms with Crippen LogP contribution in [0.1, 0.15) is 73.8 Å². The third-order valence-corrected chi connectivity index (χ3v) is 8.56. The molecule has 1 aliphatic rings. The third-order valence-electron chi connectivity index (χ3n) is 8.56. The van der Waals surface area contributed by atoms with Crippen LogP contribution in [0, 0.1) is 0 Å². The highest BCUT2D eigenvalue weighted by Gasteiger charge is 2.43. The number of benzene rings is 3. The molecule has 1 saturated heterocycles. The second-order valence-corrected chi connectivity index (χ2v) is 12.4. The average Bonchev–Trinajstić information content (AvgIpc) is 3.51. The van der Waals surface area contributed by atoms with Gasteiger partial charge in [-0.05, 0) is 74.4 Å². The third kappa shape index (κ3) is 10.6. The van der Waals surface area contributed by atoms with E-state index in [0.29, 0.717) is 12.8 Å². The van der Waals surface area contributed by atoms with E-state index in [0.717, 1.165) is 54.0 Å². The number of rotatable bonds is 18. The van der Waals surface area contributed by atoms with Gasteiger partial charge in [-0.2, -0.15) is 0 Å². The van der Waals surface area contributed by atoms with E-state index in [1.807, 2.05) is 93.0 Å². The summed E-state index contributed by atoms with van der Waals surface area (Å²) in [5.41, 5.74) is 2.68. The molecule has 3 aromatic carbocycles. The molecule has 0 radical (unpaired) electrons. The van der Waals surface area contributed by atoms with Gasteiger partial charge in [-0.15, -0.1) is 0 Å². The fourth-order valence-electron chi connectivity index (χ4n) is 6.05. The molecule has 10 heteroatoms. The van der Waals surface area contributed by atoms with Gasteiger partial charge < -0.3 is 33.9 Å². The van der Waals surface area contributed by atoms with Crippen LogP contribution in [0.2, 0.25) is 0 Å². The first-order valence-electron chi connectivity index (χ1n) is 16.5. The molecular formula is C38H48N2O8. The molecule has 0 aliphatic carbocycles. The minimum atomic E-state index is -1.07. The molecule has 3 atom stereocenters. The molecule has 48 heavy (non-hydrogen) atoms. The van der Waals surface area contributed by atoms with Gasteiger partial charge >= 0.3 is 11.9 Å². The minimum Gasteiger partial charge on any atom is -0.497 e. The Balaban J connectivity index is 1.68. The quantitative estimate of drug-likeness (QED) is 0.129. The van der Waals surface area contributed by atoms with Gasteiger partial charge in [0.25, 0.3) is 0 Å². The summed E-state index contributed by atoms with van der Waals surface area (Å²) in [5.74, 6) is -0.243. The van der Waals surface area contributed by atoms with Crippen LogP contribution in [0.5, 0.6) is 11.5 Å². The standard InChI is InChI=1S/C38H48N2O8/c1-39(2)24-10-6-9-13-34(41)40-26-32(47-36(44)23-22-35(42)43)25-33(40)38(27-11-7-5-8-12-27)48-37(28-14-18-30(45-3)19-15-28)29-16-20-31(46-4)21-17-29/h5,7-8,11-12,14-21,32-33,37-38H,6,9-10,13,22-26H2,1-4H3,(H,42,43). The fraction of sp³-hybridized carbons (Fsp3) is 0.447. The molecule has 0 spiro atoms. The number of nitrogens with zero attached hydrogens (tertiary/aromatic N) is 2. The molecule has 3 aromatic rings. The number of likely N-dealkylation sites (tertiary alicyclic amines) is 1. The zero-order valence-corrected chi connectivity index (χ0v) is 28.4. The molecule has 1 fully saturated rings. The van der Waals surface area contributed by atoms with E-state index < -0.39 is 36.3 Å². The van der Waals surface area contributed by atoms with Gasteiger partial charge in [0.15, 0.2) is 0 Å². The normalized spacial score (nSPS) is 16.6. The second-order valence-electron chi connectivity index (χ2n) is 12.4. The van der Waals surface area contributed by atoms with Crippen molar-refractivity contribution < 1.29 is 38.4 Å². The number of methoxy groups -OCH3 is 2. The highest BCUT2D eigenvalue weighted by Crippen LogP contribution is 2.40. The van der Waals surface area contributed by atoms with Crippen molar-refractivity contribution in [2.75, 3.05) is 41.4 Å². The Labute approximate surface area is 283 Å². The first-order chi connectivity index (χ1) is 23.2. The van der Waals surface area contributed by atoms with E-state index in [4.69, 9.17) is 24.1 Å². The van der Waals surface area contributed by atoms with Crippen molar-refractivity contribution in [3.8, 4) is 11.5 Å². The Hall–Kier alpha value is -4.41. The number of hydrogen-bond donors (Lipinski definition) is 1. The van der Waals surface area contributed by atoms with E-state index in [1.165, 1.54) is 0 Å². The van der Waals surface area contributed by atoms with Gasteiger partial charge in [-0.1, -0.05) is 61.0 Å². The maximum absolute atomic E-state index is 13.9. The van der Waals surface area contributed by atoms with Gasteiger partial charge in [-0.3, -0.25) is 14.4 Å². The van der Waals surface area contributed by atoms with E-state index in [9.17, 15) is 14.4 Å². The Morgan fingerprint density at radius 2 is 1.40 bits per heavy atom. The monoisotopic (exact) mass is 660 g/mol. The summed E-state index contributed by atoms with van der Waals surface area (Å²) in [7, 11) is 7.31. The van der Waals surface area contributed by atoms with Gasteiger partial charge in [0, 0.05) is 12.8 Å². The molecule has 1 aliphatic heterocycles. The van der Waals surface area contributed by atoms with Crippen molar-refractivity contribution in [2.24, 2.45) is 0 Å². The van der Waals surface area contributed by atoms with Gasteiger partial charge in [-0.25, -0.2) is 0 Å². The molecule has 4 rings (SSSR count). The number of carbonyl (C=O) groups is 3. The van der Waals surface area contributed by atoms with E-state index in [-0.39, 0.29) is 25.3 Å². The molecule has 258 valence electrons. The van der Waals surface area contributed by atoms with Crippen LogP contribution in [-0.4, -0.2) is 86.3 Å². The van der Waals surface area contributed by atoms with Crippen LogP contribution in [0.15, 0.2) is 78.9 Å². The Morgan fingerprint density at radius 3 is 1.94 bits per heavy atom. The number of carbonyl (C=O) groups excluding carboxylic acids is 2. The van der Waals surface area contributed by atoms with Gasteiger partial charge in [0.2, 0.25) is 5.91 Å². The van der Waals surface area contributed by atoms with Crippen molar-refractivity contribution in [1.29, 1.82) is 0 Å². The molecule has 0 bridgehead atoms. The number of esters is 1. The topological polar surface area (TPSA) is 115 Å². The Morgan fingerprint density at radius 1 is 0.792 bits per heavy atom. The number of unbranched alkanes of at least 4 members (excludes halogenated alkanes) is 2.